The second kappa shape index (κ2) is 6.44. The summed E-state index contributed by atoms with van der Waals surface area (Å²) in [6.07, 6.45) is 6.97. The van der Waals surface area contributed by atoms with Crippen molar-refractivity contribution in [3.05, 3.63) is 23.3 Å². The van der Waals surface area contributed by atoms with Crippen LogP contribution >= 0.6 is 0 Å². The summed E-state index contributed by atoms with van der Waals surface area (Å²) in [5.74, 6) is 1.51. The van der Waals surface area contributed by atoms with Crippen LogP contribution in [-0.2, 0) is 16.6 Å². The molecule has 0 radical (unpaired) electrons. The number of aliphatic hydroxyl groups is 1. The monoisotopic (exact) mass is 456 g/mol. The lowest BCUT2D eigenvalue weighted by Gasteiger charge is -2.75. The molecule has 0 amide bonds. The third-order valence-corrected chi connectivity index (χ3v) is 10.6. The van der Waals surface area contributed by atoms with E-state index in [9.17, 15) is 14.6 Å². The standard InChI is InChI=1S/C27H36FNO4/c1-24(2,31)19-14-25-7-8-27(19,32-12-10-28)23-26(25)9-11-29(15-16-3-4-16)20(25)13-17-5-6-18(30)22(33-23)21(17)26/h5-6,16,19-20,23,30-31H,3-4,7-15H2,1-2H3/t19-,20-,23-,25-,26+,27+/m1/s1/i28-1. The van der Waals surface area contributed by atoms with Gasteiger partial charge in [-0.15, -0.1) is 0 Å². The van der Waals surface area contributed by atoms with Gasteiger partial charge in [-0.25, -0.2) is 4.39 Å². The number of phenolic OH excluding ortho intramolecular Hbond substituents is 1. The van der Waals surface area contributed by atoms with Gasteiger partial charge in [0.1, 0.15) is 18.4 Å². The first-order valence-corrected chi connectivity index (χ1v) is 13.0. The molecule has 2 N–H and O–H groups in total. The fraction of sp³-hybridized carbons (Fsp3) is 0.778. The molecule has 7 aliphatic rings. The van der Waals surface area contributed by atoms with Crippen molar-refractivity contribution < 1.29 is 24.1 Å². The number of rotatable bonds is 6. The van der Waals surface area contributed by atoms with Crippen LogP contribution in [-0.4, -0.2) is 64.8 Å². The van der Waals surface area contributed by atoms with Crippen LogP contribution < -0.4 is 4.74 Å². The molecule has 0 aromatic heterocycles. The molecule has 0 unspecified atom stereocenters. The highest BCUT2D eigenvalue weighted by atomic mass is 18.2. The lowest BCUT2D eigenvalue weighted by Crippen LogP contribution is -2.82. The summed E-state index contributed by atoms with van der Waals surface area (Å²) >= 11 is 0. The minimum Gasteiger partial charge on any atom is -0.504 e. The van der Waals surface area contributed by atoms with E-state index in [1.54, 1.807) is 6.07 Å². The highest BCUT2D eigenvalue weighted by molar-refractivity contribution is 5.63. The van der Waals surface area contributed by atoms with E-state index in [-0.39, 0.29) is 35.2 Å². The van der Waals surface area contributed by atoms with Gasteiger partial charge in [-0.1, -0.05) is 6.07 Å². The number of alkyl halides is 1. The van der Waals surface area contributed by atoms with Gasteiger partial charge in [0, 0.05) is 34.9 Å². The first kappa shape index (κ1) is 21.0. The number of ether oxygens (including phenoxy) is 2. The zero-order chi connectivity index (χ0) is 22.8. The fourth-order valence-corrected chi connectivity index (χ4v) is 9.36. The highest BCUT2D eigenvalue weighted by Crippen LogP contribution is 2.77. The van der Waals surface area contributed by atoms with Crippen molar-refractivity contribution in [2.45, 2.75) is 87.6 Å². The molecule has 180 valence electrons. The van der Waals surface area contributed by atoms with Crippen LogP contribution in [0.25, 0.3) is 0 Å². The number of fused-ring (bicyclic) bond motifs is 2. The minimum atomic E-state index is -0.971. The number of aromatic hydroxyl groups is 1. The van der Waals surface area contributed by atoms with Crippen LogP contribution in [0.2, 0.25) is 0 Å². The van der Waals surface area contributed by atoms with E-state index in [2.05, 4.69) is 11.0 Å². The summed E-state index contributed by atoms with van der Waals surface area (Å²) in [6, 6.07) is 4.30. The highest BCUT2D eigenvalue weighted by Gasteiger charge is 2.81. The first-order chi connectivity index (χ1) is 15.8. The molecule has 2 aliphatic heterocycles. The Bertz CT molecular complexity index is 1000. The maximum absolute atomic E-state index is 13.5. The molecule has 6 atom stereocenters. The van der Waals surface area contributed by atoms with Crippen molar-refractivity contribution in [3.8, 4) is 11.5 Å². The van der Waals surface area contributed by atoms with Crippen LogP contribution in [0, 0.1) is 17.3 Å². The quantitative estimate of drug-likeness (QED) is 0.683. The smallest absolute Gasteiger partial charge is 0.165 e. The summed E-state index contributed by atoms with van der Waals surface area (Å²) in [5, 5.41) is 22.3. The number of likely N-dealkylation sites (tertiary alicyclic amines) is 1. The predicted molar refractivity (Wildman–Crippen MR) is 121 cm³/mol. The van der Waals surface area contributed by atoms with E-state index < -0.39 is 17.9 Å². The van der Waals surface area contributed by atoms with Gasteiger partial charge >= 0.3 is 0 Å². The van der Waals surface area contributed by atoms with Crippen molar-refractivity contribution in [2.75, 3.05) is 26.4 Å². The molecule has 1 saturated heterocycles. The van der Waals surface area contributed by atoms with Crippen molar-refractivity contribution >= 4 is 0 Å². The van der Waals surface area contributed by atoms with E-state index >= 15 is 0 Å². The number of piperidine rings is 1. The normalized spacial score (nSPS) is 42.8. The summed E-state index contributed by atoms with van der Waals surface area (Å²) in [5.41, 5.74) is 0.515. The second-order valence-electron chi connectivity index (χ2n) is 12.4. The van der Waals surface area contributed by atoms with Crippen LogP contribution in [0.4, 0.5) is 4.39 Å². The Morgan fingerprint density at radius 2 is 2.06 bits per heavy atom. The molecule has 2 spiro atoms. The molecule has 33 heavy (non-hydrogen) atoms. The Balaban J connectivity index is 1.46. The zero-order valence-electron chi connectivity index (χ0n) is 19.8. The molecule has 5 nitrogen and oxygen atoms in total. The topological polar surface area (TPSA) is 62.2 Å². The fourth-order valence-electron chi connectivity index (χ4n) is 9.36. The van der Waals surface area contributed by atoms with Crippen molar-refractivity contribution in [1.82, 2.24) is 4.90 Å². The molecular weight excluding hydrogens is 420 g/mol. The van der Waals surface area contributed by atoms with E-state index in [0.29, 0.717) is 11.8 Å². The van der Waals surface area contributed by atoms with Gasteiger partial charge < -0.3 is 19.7 Å². The van der Waals surface area contributed by atoms with Crippen molar-refractivity contribution in [1.29, 1.82) is 0 Å². The molecule has 8 rings (SSSR count). The van der Waals surface area contributed by atoms with Gasteiger partial charge in [0.2, 0.25) is 0 Å². The molecule has 5 aliphatic carbocycles. The van der Waals surface area contributed by atoms with Gasteiger partial charge in [0.25, 0.3) is 0 Å². The third-order valence-electron chi connectivity index (χ3n) is 10.6. The van der Waals surface area contributed by atoms with E-state index in [0.717, 1.165) is 44.6 Å². The average molecular weight is 457 g/mol. The lowest BCUT2D eigenvalue weighted by molar-refractivity contribution is -0.307. The first-order valence-electron chi connectivity index (χ1n) is 13.0. The molecule has 1 aromatic carbocycles. The number of hydrogen-bond acceptors (Lipinski definition) is 5. The average Bonchev–Trinajstić information content (AvgIpc) is 3.52. The molecule has 2 heterocycles. The summed E-state index contributed by atoms with van der Waals surface area (Å²) < 4.78 is 26.7. The van der Waals surface area contributed by atoms with E-state index in [4.69, 9.17) is 9.47 Å². The SMILES string of the molecule is CC(C)(O)[C@H]1C[C@@]23CC[C@@]1(OCC[18F])[C@@H]1Oc4c(O)ccc5c4[C@@]12CCN(CC1CC1)[C@@H]3C5. The van der Waals surface area contributed by atoms with Gasteiger partial charge in [-0.05, 0) is 82.9 Å². The predicted octanol–water partition coefficient (Wildman–Crippen LogP) is 3.73. The number of benzene rings is 1. The van der Waals surface area contributed by atoms with E-state index in [1.807, 2.05) is 13.8 Å². The summed E-state index contributed by atoms with van der Waals surface area (Å²) in [7, 11) is 0. The van der Waals surface area contributed by atoms with Gasteiger partial charge in [-0.2, -0.15) is 0 Å². The Morgan fingerprint density at radius 1 is 1.24 bits per heavy atom. The number of hydrogen-bond donors (Lipinski definition) is 2. The Hall–Kier alpha value is -1.37. The number of phenols is 1. The maximum Gasteiger partial charge on any atom is 0.165 e. The zero-order valence-corrected chi connectivity index (χ0v) is 19.8. The second-order valence-corrected chi connectivity index (χ2v) is 12.4. The van der Waals surface area contributed by atoms with Crippen LogP contribution in [0.15, 0.2) is 12.1 Å². The van der Waals surface area contributed by atoms with Gasteiger partial charge in [0.15, 0.2) is 11.5 Å². The molecule has 6 heteroatoms. The maximum atomic E-state index is 13.5. The molecule has 4 bridgehead atoms. The van der Waals surface area contributed by atoms with Crippen molar-refractivity contribution in [2.24, 2.45) is 17.3 Å². The lowest BCUT2D eigenvalue weighted by atomic mass is 9.34. The van der Waals surface area contributed by atoms with Crippen LogP contribution in [0.3, 0.4) is 0 Å². The third kappa shape index (κ3) is 2.38. The van der Waals surface area contributed by atoms with Gasteiger partial charge in [-0.3, -0.25) is 4.90 Å². The van der Waals surface area contributed by atoms with Crippen LogP contribution in [0.1, 0.15) is 63.5 Å². The Morgan fingerprint density at radius 3 is 2.79 bits per heavy atom. The number of halogens is 1. The minimum absolute atomic E-state index is 0.0158. The Kier molecular flexibility index (Phi) is 4.09. The molecule has 1 aromatic rings. The summed E-state index contributed by atoms with van der Waals surface area (Å²) in [6.45, 7) is 5.44. The Labute approximate surface area is 195 Å². The van der Waals surface area contributed by atoms with Crippen LogP contribution in [0.5, 0.6) is 11.5 Å². The number of nitrogens with zero attached hydrogens (tertiary/aromatic N) is 1. The molecular formula is C27H36FNO4. The van der Waals surface area contributed by atoms with E-state index in [1.165, 1.54) is 30.5 Å². The van der Waals surface area contributed by atoms with Gasteiger partial charge in [0.05, 0.1) is 12.2 Å². The largest absolute Gasteiger partial charge is 0.504 e. The molecule has 4 saturated carbocycles. The summed E-state index contributed by atoms with van der Waals surface area (Å²) in [4.78, 5) is 2.76. The van der Waals surface area contributed by atoms with Crippen molar-refractivity contribution in [3.63, 3.8) is 0 Å². The molecule has 5 fully saturated rings.